The summed E-state index contributed by atoms with van der Waals surface area (Å²) < 4.78 is 5.08. The second-order valence-electron chi connectivity index (χ2n) is 3.25. The average molecular weight is 178 g/mol. The van der Waals surface area contributed by atoms with Crippen LogP contribution in [0, 0.1) is 5.92 Å². The first kappa shape index (κ1) is 8.10. The Balaban J connectivity index is 2.31. The van der Waals surface area contributed by atoms with Gasteiger partial charge in [0.05, 0.1) is 0 Å². The molecule has 0 bridgehead atoms. The molecule has 0 aromatic heterocycles. The molecule has 0 radical (unpaired) electrons. The van der Waals surface area contributed by atoms with Gasteiger partial charge in [-0.15, -0.1) is 0 Å². The summed E-state index contributed by atoms with van der Waals surface area (Å²) in [7, 11) is 0. The maximum atomic E-state index is 11.1. The van der Waals surface area contributed by atoms with Crippen LogP contribution in [0.25, 0.3) is 0 Å². The van der Waals surface area contributed by atoms with Crippen LogP contribution < -0.4 is 0 Å². The van der Waals surface area contributed by atoms with E-state index in [4.69, 9.17) is 9.84 Å². The summed E-state index contributed by atoms with van der Waals surface area (Å²) in [6.07, 6.45) is 6.52. The Hall–Kier alpha value is -1.51. The molecule has 68 valence electrons. The number of hydrogen-bond donors (Lipinski definition) is 1. The van der Waals surface area contributed by atoms with Crippen molar-refractivity contribution in [1.29, 1.82) is 0 Å². The molecular formula is C10H10O3. The van der Waals surface area contributed by atoms with Crippen LogP contribution in [0.1, 0.15) is 6.92 Å². The van der Waals surface area contributed by atoms with E-state index in [1.54, 1.807) is 19.1 Å². The SMILES string of the molecule is CC1=CC2C=CC(O)=CC2OC1=O. The van der Waals surface area contributed by atoms with Gasteiger partial charge in [0, 0.05) is 11.5 Å². The number of carbonyl (C=O) groups is 1. The lowest BCUT2D eigenvalue weighted by molar-refractivity contribution is -0.144. The average Bonchev–Trinajstić information content (AvgIpc) is 2.08. The van der Waals surface area contributed by atoms with Gasteiger partial charge in [-0.05, 0) is 19.1 Å². The first-order valence-corrected chi connectivity index (χ1v) is 4.15. The molecule has 1 aliphatic carbocycles. The number of fused-ring (bicyclic) bond motifs is 1. The van der Waals surface area contributed by atoms with Crippen molar-refractivity contribution in [3.63, 3.8) is 0 Å². The van der Waals surface area contributed by atoms with Crippen molar-refractivity contribution in [2.75, 3.05) is 0 Å². The zero-order chi connectivity index (χ0) is 9.42. The maximum Gasteiger partial charge on any atom is 0.334 e. The van der Waals surface area contributed by atoms with E-state index in [1.165, 1.54) is 0 Å². The lowest BCUT2D eigenvalue weighted by atomic mass is 9.92. The third kappa shape index (κ3) is 1.37. The Morgan fingerprint density at radius 3 is 3.00 bits per heavy atom. The van der Waals surface area contributed by atoms with Crippen molar-refractivity contribution < 1.29 is 14.6 Å². The van der Waals surface area contributed by atoms with Crippen LogP contribution in [0.3, 0.4) is 0 Å². The van der Waals surface area contributed by atoms with E-state index in [0.717, 1.165) is 0 Å². The Morgan fingerprint density at radius 2 is 2.23 bits per heavy atom. The van der Waals surface area contributed by atoms with Crippen molar-refractivity contribution in [3.8, 4) is 0 Å². The molecule has 1 aliphatic heterocycles. The predicted octanol–water partition coefficient (Wildman–Crippen LogP) is 1.49. The quantitative estimate of drug-likeness (QED) is 0.571. The van der Waals surface area contributed by atoms with E-state index < -0.39 is 0 Å². The van der Waals surface area contributed by atoms with Crippen molar-refractivity contribution >= 4 is 5.97 Å². The van der Waals surface area contributed by atoms with Gasteiger partial charge < -0.3 is 9.84 Å². The highest BCUT2D eigenvalue weighted by molar-refractivity contribution is 5.89. The Kier molecular flexibility index (Phi) is 1.72. The molecule has 3 nitrogen and oxygen atoms in total. The second-order valence-corrected chi connectivity index (χ2v) is 3.25. The van der Waals surface area contributed by atoms with E-state index in [-0.39, 0.29) is 23.8 Å². The number of allylic oxidation sites excluding steroid dienone is 1. The minimum atomic E-state index is -0.332. The van der Waals surface area contributed by atoms with Gasteiger partial charge in [0.15, 0.2) is 0 Å². The van der Waals surface area contributed by atoms with Crippen LogP contribution in [0.15, 0.2) is 35.6 Å². The highest BCUT2D eigenvalue weighted by Crippen LogP contribution is 2.26. The van der Waals surface area contributed by atoms with Crippen LogP contribution in [-0.4, -0.2) is 17.2 Å². The fourth-order valence-corrected chi connectivity index (χ4v) is 1.49. The Morgan fingerprint density at radius 1 is 1.46 bits per heavy atom. The molecule has 2 unspecified atom stereocenters. The lowest BCUT2D eigenvalue weighted by Gasteiger charge is -2.26. The maximum absolute atomic E-state index is 11.1. The molecule has 0 aromatic rings. The highest BCUT2D eigenvalue weighted by Gasteiger charge is 2.28. The standard InChI is InChI=1S/C10H10O3/c1-6-4-7-2-3-8(11)5-9(7)13-10(6)12/h2-5,7,9,11H,1H3. The monoisotopic (exact) mass is 178 g/mol. The van der Waals surface area contributed by atoms with E-state index in [0.29, 0.717) is 5.57 Å². The third-order valence-corrected chi connectivity index (χ3v) is 2.21. The van der Waals surface area contributed by atoms with Gasteiger partial charge in [0.25, 0.3) is 0 Å². The minimum absolute atomic E-state index is 0.0774. The van der Waals surface area contributed by atoms with Gasteiger partial charge in [-0.3, -0.25) is 0 Å². The Labute approximate surface area is 76.0 Å². The smallest absolute Gasteiger partial charge is 0.334 e. The van der Waals surface area contributed by atoms with Gasteiger partial charge in [0.2, 0.25) is 0 Å². The highest BCUT2D eigenvalue weighted by atomic mass is 16.5. The predicted molar refractivity (Wildman–Crippen MR) is 47.0 cm³/mol. The van der Waals surface area contributed by atoms with E-state index in [1.807, 2.05) is 12.2 Å². The molecule has 13 heavy (non-hydrogen) atoms. The van der Waals surface area contributed by atoms with Gasteiger partial charge in [-0.2, -0.15) is 0 Å². The molecular weight excluding hydrogens is 168 g/mol. The van der Waals surface area contributed by atoms with Gasteiger partial charge >= 0.3 is 5.97 Å². The fourth-order valence-electron chi connectivity index (χ4n) is 1.49. The zero-order valence-corrected chi connectivity index (χ0v) is 7.23. The number of esters is 1. The summed E-state index contributed by atoms with van der Waals surface area (Å²) in [4.78, 5) is 11.1. The molecule has 0 amide bonds. The molecule has 0 aromatic carbocycles. The van der Waals surface area contributed by atoms with E-state index >= 15 is 0 Å². The number of aliphatic hydroxyl groups excluding tert-OH is 1. The van der Waals surface area contributed by atoms with Crippen molar-refractivity contribution in [1.82, 2.24) is 0 Å². The minimum Gasteiger partial charge on any atom is -0.508 e. The van der Waals surface area contributed by atoms with Gasteiger partial charge in [-0.25, -0.2) is 4.79 Å². The van der Waals surface area contributed by atoms with E-state index in [2.05, 4.69) is 0 Å². The normalized spacial score (nSPS) is 31.6. The molecule has 2 atom stereocenters. The largest absolute Gasteiger partial charge is 0.508 e. The lowest BCUT2D eigenvalue weighted by Crippen LogP contribution is -2.30. The fraction of sp³-hybridized carbons (Fsp3) is 0.300. The third-order valence-electron chi connectivity index (χ3n) is 2.21. The van der Waals surface area contributed by atoms with E-state index in [9.17, 15) is 4.79 Å². The first-order valence-electron chi connectivity index (χ1n) is 4.15. The summed E-state index contributed by atoms with van der Waals surface area (Å²) in [5, 5.41) is 9.16. The molecule has 1 N–H and O–H groups in total. The summed E-state index contributed by atoms with van der Waals surface area (Å²) in [5.41, 5.74) is 0.626. The molecule has 0 saturated carbocycles. The molecule has 2 aliphatic rings. The van der Waals surface area contributed by atoms with Crippen molar-refractivity contribution in [2.24, 2.45) is 5.92 Å². The van der Waals surface area contributed by atoms with Crippen LogP contribution in [0.2, 0.25) is 0 Å². The Bertz CT molecular complexity index is 336. The zero-order valence-electron chi connectivity index (χ0n) is 7.23. The summed E-state index contributed by atoms with van der Waals surface area (Å²) >= 11 is 0. The molecule has 3 heteroatoms. The van der Waals surface area contributed by atoms with Gasteiger partial charge in [0.1, 0.15) is 11.9 Å². The number of carbonyl (C=O) groups excluding carboxylic acids is 1. The van der Waals surface area contributed by atoms with Crippen molar-refractivity contribution in [2.45, 2.75) is 13.0 Å². The van der Waals surface area contributed by atoms with Gasteiger partial charge in [-0.1, -0.05) is 12.2 Å². The number of ether oxygens (including phenoxy) is 1. The van der Waals surface area contributed by atoms with Crippen LogP contribution in [-0.2, 0) is 9.53 Å². The molecule has 0 saturated heterocycles. The molecule has 1 heterocycles. The number of rotatable bonds is 0. The number of hydrogen-bond acceptors (Lipinski definition) is 3. The van der Waals surface area contributed by atoms with Crippen LogP contribution in [0.4, 0.5) is 0 Å². The van der Waals surface area contributed by atoms with Crippen molar-refractivity contribution in [3.05, 3.63) is 35.6 Å². The van der Waals surface area contributed by atoms with Crippen LogP contribution in [0.5, 0.6) is 0 Å². The topological polar surface area (TPSA) is 46.5 Å². The summed E-state index contributed by atoms with van der Waals surface area (Å²) in [5.74, 6) is -0.0730. The van der Waals surface area contributed by atoms with Crippen LogP contribution >= 0.6 is 0 Å². The number of aliphatic hydroxyl groups is 1. The summed E-state index contributed by atoms with van der Waals surface area (Å²) in [6, 6.07) is 0. The summed E-state index contributed by atoms with van der Waals surface area (Å²) in [6.45, 7) is 1.73. The molecule has 2 rings (SSSR count). The molecule has 0 spiro atoms. The second kappa shape index (κ2) is 2.76. The molecule has 0 fully saturated rings. The first-order chi connectivity index (χ1) is 6.16.